The summed E-state index contributed by atoms with van der Waals surface area (Å²) in [7, 11) is 0. The standard InChI is InChI=1S/C8H10N3OS/c1-2-7(13)11(5-6-12)8-9-3-4-10-8/h3-4H,2,5H2,1H3,(H,9,10). The molecule has 1 N–H and O–H groups in total. The summed E-state index contributed by atoms with van der Waals surface area (Å²) in [6, 6.07) is 0. The van der Waals surface area contributed by atoms with Crippen LogP contribution in [0, 0.1) is 0 Å². The molecule has 0 aliphatic rings. The van der Waals surface area contributed by atoms with Crippen LogP contribution in [0.4, 0.5) is 5.95 Å². The van der Waals surface area contributed by atoms with Gasteiger partial charge in [0.15, 0.2) is 0 Å². The van der Waals surface area contributed by atoms with E-state index in [9.17, 15) is 4.79 Å². The highest BCUT2D eigenvalue weighted by Gasteiger charge is 2.11. The van der Waals surface area contributed by atoms with Crippen molar-refractivity contribution in [3.05, 3.63) is 12.4 Å². The summed E-state index contributed by atoms with van der Waals surface area (Å²) in [5, 5.41) is 0. The minimum absolute atomic E-state index is 0.125. The molecule has 4 nitrogen and oxygen atoms in total. The highest BCUT2D eigenvalue weighted by Crippen LogP contribution is 2.07. The van der Waals surface area contributed by atoms with Crippen molar-refractivity contribution < 1.29 is 4.79 Å². The summed E-state index contributed by atoms with van der Waals surface area (Å²) in [6.45, 7) is 2.06. The zero-order valence-corrected chi connectivity index (χ0v) is 8.10. The predicted octanol–water partition coefficient (Wildman–Crippen LogP) is 1.06. The molecule has 13 heavy (non-hydrogen) atoms. The maximum atomic E-state index is 10.3. The maximum absolute atomic E-state index is 10.3. The Morgan fingerprint density at radius 2 is 2.62 bits per heavy atom. The van der Waals surface area contributed by atoms with Crippen molar-refractivity contribution in [2.45, 2.75) is 13.3 Å². The van der Waals surface area contributed by atoms with Gasteiger partial charge in [-0.05, 0) is 6.42 Å². The second kappa shape index (κ2) is 4.71. The van der Waals surface area contributed by atoms with Crippen molar-refractivity contribution in [2.24, 2.45) is 0 Å². The van der Waals surface area contributed by atoms with Crippen molar-refractivity contribution >= 4 is 29.4 Å². The van der Waals surface area contributed by atoms with Crippen LogP contribution in [-0.2, 0) is 4.79 Å². The molecule has 0 spiro atoms. The maximum Gasteiger partial charge on any atom is 0.220 e. The van der Waals surface area contributed by atoms with Crippen molar-refractivity contribution in [1.29, 1.82) is 0 Å². The van der Waals surface area contributed by atoms with Gasteiger partial charge in [-0.15, -0.1) is 0 Å². The van der Waals surface area contributed by atoms with E-state index in [0.717, 1.165) is 0 Å². The second-order valence-corrected chi connectivity index (χ2v) is 2.86. The molecule has 0 atom stereocenters. The number of anilines is 1. The van der Waals surface area contributed by atoms with Crippen LogP contribution in [0.25, 0.3) is 0 Å². The minimum Gasteiger partial charge on any atom is -0.331 e. The molecule has 0 saturated carbocycles. The van der Waals surface area contributed by atoms with Crippen LogP contribution >= 0.6 is 12.2 Å². The van der Waals surface area contributed by atoms with Gasteiger partial charge in [-0.2, -0.15) is 0 Å². The number of imidazole rings is 1. The Kier molecular flexibility index (Phi) is 3.57. The van der Waals surface area contributed by atoms with Gasteiger partial charge < -0.3 is 4.98 Å². The molecule has 69 valence electrons. The van der Waals surface area contributed by atoms with Gasteiger partial charge in [0.1, 0.15) is 0 Å². The number of thiocarbonyl (C=S) groups is 1. The highest BCUT2D eigenvalue weighted by molar-refractivity contribution is 7.80. The molecule has 0 bridgehead atoms. The van der Waals surface area contributed by atoms with Gasteiger partial charge in [0.25, 0.3) is 0 Å². The Labute approximate surface area is 82.0 Å². The lowest BCUT2D eigenvalue weighted by Gasteiger charge is -2.18. The Morgan fingerprint density at radius 3 is 3.08 bits per heavy atom. The lowest BCUT2D eigenvalue weighted by atomic mass is 10.4. The number of hydrogen-bond donors (Lipinski definition) is 1. The van der Waals surface area contributed by atoms with Crippen molar-refractivity contribution in [2.75, 3.05) is 11.4 Å². The first-order valence-corrected chi connectivity index (χ1v) is 4.35. The Hall–Kier alpha value is -1.23. The van der Waals surface area contributed by atoms with E-state index in [4.69, 9.17) is 12.2 Å². The molecule has 0 fully saturated rings. The monoisotopic (exact) mass is 196 g/mol. The van der Waals surface area contributed by atoms with Crippen LogP contribution in [0.1, 0.15) is 13.3 Å². The minimum atomic E-state index is 0.125. The molecule has 1 aromatic rings. The van der Waals surface area contributed by atoms with Crippen molar-refractivity contribution in [3.63, 3.8) is 0 Å². The van der Waals surface area contributed by atoms with Gasteiger partial charge in [0, 0.05) is 12.4 Å². The van der Waals surface area contributed by atoms with Crippen LogP contribution in [0.2, 0.25) is 0 Å². The molecule has 1 radical (unpaired) electrons. The van der Waals surface area contributed by atoms with E-state index in [0.29, 0.717) is 17.4 Å². The number of H-pyrrole nitrogens is 1. The fourth-order valence-electron chi connectivity index (χ4n) is 0.941. The molecule has 0 aliphatic heterocycles. The zero-order chi connectivity index (χ0) is 9.68. The van der Waals surface area contributed by atoms with E-state index < -0.39 is 0 Å². The summed E-state index contributed by atoms with van der Waals surface area (Å²) in [5.74, 6) is 0.593. The lowest BCUT2D eigenvalue weighted by molar-refractivity contribution is 0.556. The van der Waals surface area contributed by atoms with Crippen molar-refractivity contribution in [3.8, 4) is 0 Å². The first-order valence-electron chi connectivity index (χ1n) is 3.94. The Bertz CT molecular complexity index is 284. The molecule has 0 saturated heterocycles. The number of nitrogens with one attached hydrogen (secondary N) is 1. The summed E-state index contributed by atoms with van der Waals surface area (Å²) >= 11 is 5.08. The van der Waals surface area contributed by atoms with Crippen LogP contribution < -0.4 is 4.90 Å². The molecular weight excluding hydrogens is 186 g/mol. The fraction of sp³-hybridized carbons (Fsp3) is 0.375. The molecule has 0 amide bonds. The normalized spacial score (nSPS) is 9.62. The number of aromatic nitrogens is 2. The van der Waals surface area contributed by atoms with Gasteiger partial charge in [-0.1, -0.05) is 19.1 Å². The van der Waals surface area contributed by atoms with Gasteiger partial charge in [0.2, 0.25) is 12.2 Å². The average Bonchev–Trinajstić information content (AvgIpc) is 2.65. The molecule has 0 aliphatic carbocycles. The van der Waals surface area contributed by atoms with E-state index in [1.165, 1.54) is 0 Å². The van der Waals surface area contributed by atoms with Crippen molar-refractivity contribution in [1.82, 2.24) is 9.97 Å². The highest BCUT2D eigenvalue weighted by atomic mass is 32.1. The number of hydrogen-bond acceptors (Lipinski definition) is 3. The van der Waals surface area contributed by atoms with Gasteiger partial charge in [-0.25, -0.2) is 4.98 Å². The third-order valence-corrected chi connectivity index (χ3v) is 2.07. The zero-order valence-electron chi connectivity index (χ0n) is 7.28. The largest absolute Gasteiger partial charge is 0.331 e. The van der Waals surface area contributed by atoms with E-state index in [-0.39, 0.29) is 6.54 Å². The van der Waals surface area contributed by atoms with Crippen LogP contribution in [0.3, 0.4) is 0 Å². The molecule has 1 rings (SSSR count). The summed E-state index contributed by atoms with van der Waals surface area (Å²) in [5.41, 5.74) is 0. The number of rotatable bonds is 4. The Balaban J connectivity index is 2.79. The van der Waals surface area contributed by atoms with Crippen LogP contribution in [-0.4, -0.2) is 27.8 Å². The molecule has 5 heteroatoms. The first-order chi connectivity index (χ1) is 6.29. The molecule has 1 aromatic heterocycles. The van der Waals surface area contributed by atoms with Gasteiger partial charge in [-0.3, -0.25) is 9.69 Å². The van der Waals surface area contributed by atoms with E-state index in [2.05, 4.69) is 9.97 Å². The van der Waals surface area contributed by atoms with Crippen LogP contribution in [0.5, 0.6) is 0 Å². The van der Waals surface area contributed by atoms with Gasteiger partial charge in [0.05, 0.1) is 11.5 Å². The topological polar surface area (TPSA) is 49.0 Å². The lowest BCUT2D eigenvalue weighted by Crippen LogP contribution is -2.31. The third kappa shape index (κ3) is 2.35. The fourth-order valence-corrected chi connectivity index (χ4v) is 1.09. The molecular formula is C8H10N3OS. The third-order valence-electron chi connectivity index (χ3n) is 1.57. The average molecular weight is 196 g/mol. The first kappa shape index (κ1) is 9.85. The Morgan fingerprint density at radius 1 is 1.85 bits per heavy atom. The predicted molar refractivity (Wildman–Crippen MR) is 54.5 cm³/mol. The molecule has 0 aromatic carbocycles. The van der Waals surface area contributed by atoms with E-state index >= 15 is 0 Å². The number of aromatic amines is 1. The quantitative estimate of drug-likeness (QED) is 0.732. The van der Waals surface area contributed by atoms with Gasteiger partial charge >= 0.3 is 0 Å². The van der Waals surface area contributed by atoms with E-state index in [1.807, 2.05) is 6.92 Å². The molecule has 0 unspecified atom stereocenters. The molecule has 1 heterocycles. The summed E-state index contributed by atoms with van der Waals surface area (Å²) in [6.07, 6.45) is 5.81. The summed E-state index contributed by atoms with van der Waals surface area (Å²) in [4.78, 5) is 19.5. The van der Waals surface area contributed by atoms with Crippen LogP contribution in [0.15, 0.2) is 12.4 Å². The number of carbonyl (C=O) groups excluding carboxylic acids is 1. The smallest absolute Gasteiger partial charge is 0.220 e. The van der Waals surface area contributed by atoms with E-state index in [1.54, 1.807) is 23.6 Å². The number of nitrogens with zero attached hydrogens (tertiary/aromatic N) is 2. The SMILES string of the molecule is CCC(=S)N(C[C]=O)c1ncc[nH]1. The second-order valence-electron chi connectivity index (χ2n) is 2.39. The summed E-state index contributed by atoms with van der Waals surface area (Å²) < 4.78 is 0.